The van der Waals surface area contributed by atoms with Crippen molar-refractivity contribution in [2.45, 2.75) is 26.7 Å². The molecule has 0 bridgehead atoms. The molecule has 6 rings (SSSR count). The zero-order valence-electron chi connectivity index (χ0n) is 21.9. The van der Waals surface area contributed by atoms with Crippen molar-refractivity contribution in [1.29, 1.82) is 0 Å². The Balaban J connectivity index is 0.000000151. The van der Waals surface area contributed by atoms with Crippen LogP contribution in [-0.2, 0) is 33.7 Å². The fraction of sp³-hybridized carbons (Fsp3) is 0.118. The fourth-order valence-corrected chi connectivity index (χ4v) is 5.10. The van der Waals surface area contributed by atoms with Crippen LogP contribution in [0.4, 0.5) is 0 Å². The van der Waals surface area contributed by atoms with Gasteiger partial charge >= 0.3 is 37.9 Å². The maximum Gasteiger partial charge on any atom is 0.121 e. The quantitative estimate of drug-likeness (QED) is 0.135. The van der Waals surface area contributed by atoms with Crippen LogP contribution < -0.4 is 10.4 Å². The van der Waals surface area contributed by atoms with Gasteiger partial charge in [-0.1, -0.05) is 97.0 Å². The summed E-state index contributed by atoms with van der Waals surface area (Å²) in [4.78, 5) is 0. The van der Waals surface area contributed by atoms with Gasteiger partial charge < -0.3 is 0 Å². The number of fused-ring (bicyclic) bond motifs is 2. The molecule has 2 radical (unpaired) electrons. The summed E-state index contributed by atoms with van der Waals surface area (Å²) in [6, 6.07) is 47.2. The third-order valence-corrected chi connectivity index (χ3v) is 7.25. The second-order valence-electron chi connectivity index (χ2n) is 8.62. The largest absolute Gasteiger partial charge is 0.121 e. The van der Waals surface area contributed by atoms with Gasteiger partial charge in [-0.15, -0.1) is 81.2 Å². The Kier molecular flexibility index (Phi) is 13.9. The smallest absolute Gasteiger partial charge is 0.0631 e. The molecule has 4 heteroatoms. The van der Waals surface area contributed by atoms with E-state index in [1.165, 1.54) is 43.0 Å². The van der Waals surface area contributed by atoms with Crippen LogP contribution in [0.5, 0.6) is 0 Å². The zero-order valence-corrected chi connectivity index (χ0v) is 26.8. The topological polar surface area (TPSA) is 0 Å². The molecule has 0 spiro atoms. The van der Waals surface area contributed by atoms with Crippen LogP contribution in [0.25, 0.3) is 21.5 Å². The van der Waals surface area contributed by atoms with Gasteiger partial charge in [-0.05, 0) is 12.8 Å². The predicted molar refractivity (Wildman–Crippen MR) is 167 cm³/mol. The van der Waals surface area contributed by atoms with E-state index in [1.807, 2.05) is 0 Å². The molecule has 0 saturated carbocycles. The van der Waals surface area contributed by atoms with Gasteiger partial charge in [-0.3, -0.25) is 0 Å². The monoisotopic (exact) mass is 628 g/mol. The molecule has 0 aliphatic carbocycles. The first-order chi connectivity index (χ1) is 18.7. The van der Waals surface area contributed by atoms with E-state index in [0.29, 0.717) is 0 Å². The summed E-state index contributed by atoms with van der Waals surface area (Å²) in [5.74, 6) is 0. The van der Waals surface area contributed by atoms with Crippen LogP contribution in [-0.4, -0.2) is 9.52 Å². The maximum absolute atomic E-state index is 4.93. The molecule has 0 aromatic heterocycles. The first kappa shape index (κ1) is 30.3. The second kappa shape index (κ2) is 17.4. The summed E-state index contributed by atoms with van der Waals surface area (Å²) in [7, 11) is 10.6. The molecule has 0 aliphatic heterocycles. The van der Waals surface area contributed by atoms with Gasteiger partial charge in [-0.25, -0.2) is 0 Å². The van der Waals surface area contributed by atoms with Crippen LogP contribution in [0.2, 0.25) is 0 Å². The van der Waals surface area contributed by atoms with Gasteiger partial charge in [-0.2, -0.15) is 12.1 Å². The van der Waals surface area contributed by atoms with Crippen molar-refractivity contribution in [2.24, 2.45) is 0 Å². The average molecular weight is 631 g/mol. The molecule has 0 saturated heterocycles. The van der Waals surface area contributed by atoms with Crippen molar-refractivity contribution in [3.05, 3.63) is 145 Å². The molecule has 6 aromatic carbocycles. The van der Waals surface area contributed by atoms with Crippen LogP contribution in [0.1, 0.15) is 25.0 Å². The summed E-state index contributed by atoms with van der Waals surface area (Å²) < 4.78 is 0. The van der Waals surface area contributed by atoms with E-state index < -0.39 is 20.8 Å². The summed E-state index contributed by atoms with van der Waals surface area (Å²) in [5.41, 5.74) is 2.87. The van der Waals surface area contributed by atoms with Crippen molar-refractivity contribution in [1.82, 2.24) is 0 Å². The number of hydrogen-bond donors (Lipinski definition) is 0. The third-order valence-electron chi connectivity index (χ3n) is 6.01. The second-order valence-corrected chi connectivity index (χ2v) is 13.8. The van der Waals surface area contributed by atoms with Crippen molar-refractivity contribution >= 4 is 58.5 Å². The van der Waals surface area contributed by atoms with Crippen molar-refractivity contribution in [3.8, 4) is 0 Å². The maximum atomic E-state index is 4.93. The molecule has 190 valence electrons. The van der Waals surface area contributed by atoms with Crippen LogP contribution in [0.15, 0.2) is 133 Å². The molecule has 38 heavy (non-hydrogen) atoms. The first-order valence-electron chi connectivity index (χ1n) is 12.8. The molecule has 0 aliphatic rings. The van der Waals surface area contributed by atoms with E-state index in [4.69, 9.17) is 17.0 Å². The summed E-state index contributed by atoms with van der Waals surface area (Å²) in [6.07, 6.45) is 2.27. The van der Waals surface area contributed by atoms with E-state index >= 15 is 0 Å². The molecule has 6 aromatic rings. The molecule has 0 fully saturated rings. The summed E-state index contributed by atoms with van der Waals surface area (Å²) in [5, 5.41) is 8.25. The average Bonchev–Trinajstić information content (AvgIpc) is 3.59. The molecule has 0 atom stereocenters. The van der Waals surface area contributed by atoms with E-state index in [0.717, 1.165) is 22.4 Å². The number of benzene rings is 4. The Bertz CT molecular complexity index is 1280. The van der Waals surface area contributed by atoms with Gasteiger partial charge in [0.2, 0.25) is 0 Å². The van der Waals surface area contributed by atoms with Gasteiger partial charge in [0.05, 0.1) is 0 Å². The third kappa shape index (κ3) is 10.2. The Labute approximate surface area is 248 Å². The molecule has 0 unspecified atom stereocenters. The Morgan fingerprint density at radius 1 is 0.553 bits per heavy atom. The van der Waals surface area contributed by atoms with Crippen LogP contribution in [0, 0.1) is 0 Å². The molecule has 0 heterocycles. The standard InChI is InChI=1S/C12H10Si.2C11H11.2ClH.Zr/c1-3-7-11(8-4-1)13-12-9-5-2-6-10-12;2*1-2-9-7-10-5-3-4-6-11(10)8-9;;;/h1-10H;2*3-8H,2H2,1H3;2*1H;/q;2*-1;;;+4/p-2. The van der Waals surface area contributed by atoms with E-state index in [9.17, 15) is 0 Å². The molecular weight excluding hydrogens is 599 g/mol. The zero-order chi connectivity index (χ0) is 27.0. The predicted octanol–water partition coefficient (Wildman–Crippen LogP) is 8.96. The van der Waals surface area contributed by atoms with Gasteiger partial charge in [0, 0.05) is 0 Å². The minimum Gasteiger partial charge on any atom is -0.0631 e. The van der Waals surface area contributed by atoms with Crippen LogP contribution >= 0.6 is 17.0 Å². The number of rotatable bonds is 4. The number of hydrogen-bond acceptors (Lipinski definition) is 0. The normalized spacial score (nSPS) is 9.79. The first-order valence-corrected chi connectivity index (χ1v) is 20.1. The Morgan fingerprint density at radius 2 is 0.895 bits per heavy atom. The summed E-state index contributed by atoms with van der Waals surface area (Å²) >= 11 is -0.826. The molecular formula is C34H32Cl2SiZr. The summed E-state index contributed by atoms with van der Waals surface area (Å²) in [6.45, 7) is 4.38. The van der Waals surface area contributed by atoms with Crippen molar-refractivity contribution < 1.29 is 20.8 Å². The fourth-order valence-electron chi connectivity index (χ4n) is 4.05. The Morgan fingerprint density at radius 3 is 1.24 bits per heavy atom. The van der Waals surface area contributed by atoms with Gasteiger partial charge in [0.25, 0.3) is 0 Å². The number of halogens is 2. The number of aryl methyl sites for hydroxylation is 2. The van der Waals surface area contributed by atoms with E-state index in [-0.39, 0.29) is 0 Å². The van der Waals surface area contributed by atoms with Crippen molar-refractivity contribution in [3.63, 3.8) is 0 Å². The van der Waals surface area contributed by atoms with Crippen molar-refractivity contribution in [2.75, 3.05) is 0 Å². The SMILES string of the molecule is CCc1cc2ccccc2[cH-]1.CCc1cc2ccccc2[cH-]1.[Cl][Zr+2][Cl].c1ccc([Si]c2ccccc2)cc1. The van der Waals surface area contributed by atoms with E-state index in [1.54, 1.807) is 0 Å². The van der Waals surface area contributed by atoms with Crippen LogP contribution in [0.3, 0.4) is 0 Å². The molecule has 0 nitrogen and oxygen atoms in total. The van der Waals surface area contributed by atoms with E-state index in [2.05, 4.69) is 147 Å². The van der Waals surface area contributed by atoms with Gasteiger partial charge in [0.15, 0.2) is 0 Å². The molecule has 0 amide bonds. The Hall–Kier alpha value is -2.22. The molecule has 0 N–H and O–H groups in total. The minimum atomic E-state index is -0.826. The van der Waals surface area contributed by atoms with Gasteiger partial charge in [0.1, 0.15) is 9.52 Å². The minimum absolute atomic E-state index is 0.777.